The zero-order valence-electron chi connectivity index (χ0n) is 11.7. The fourth-order valence-corrected chi connectivity index (χ4v) is 2.64. The lowest BCUT2D eigenvalue weighted by molar-refractivity contribution is -0.126. The van der Waals surface area contributed by atoms with E-state index < -0.39 is 5.41 Å². The predicted molar refractivity (Wildman–Crippen MR) is 78.9 cm³/mol. The van der Waals surface area contributed by atoms with Crippen molar-refractivity contribution < 1.29 is 9.59 Å². The molecule has 2 amide bonds. The van der Waals surface area contributed by atoms with Gasteiger partial charge in [0.2, 0.25) is 11.8 Å². The molecule has 0 aromatic heterocycles. The highest BCUT2D eigenvalue weighted by Crippen LogP contribution is 2.41. The number of nitrogens with zero attached hydrogens (tertiary/aromatic N) is 1. The molecule has 19 heavy (non-hydrogen) atoms. The van der Waals surface area contributed by atoms with Crippen LogP contribution in [0.25, 0.3) is 0 Å². The monoisotopic (exact) mass is 323 g/mol. The summed E-state index contributed by atoms with van der Waals surface area (Å²) in [5.41, 5.74) is 1.14. The number of benzene rings is 1. The van der Waals surface area contributed by atoms with Crippen molar-refractivity contribution in [3.63, 3.8) is 0 Å². The van der Waals surface area contributed by atoms with Crippen LogP contribution in [0.5, 0.6) is 0 Å². The Kier molecular flexibility index (Phi) is 3.56. The summed E-state index contributed by atoms with van der Waals surface area (Å²) in [6, 6.07) is 5.56. The molecule has 1 fully saturated rings. The molecule has 1 atom stereocenters. The second-order valence-electron chi connectivity index (χ2n) is 5.72. The number of aryl methyl sites for hydroxylation is 1. The molecule has 1 saturated heterocycles. The van der Waals surface area contributed by atoms with Crippen LogP contribution >= 0.6 is 15.9 Å². The topological polar surface area (TPSA) is 37.4 Å². The standard InChI is InChI=1S/C15H18BrNO2/c1-9(2)15(4)8-13(18)17(14(15)19)11-6-5-10(3)12(16)7-11/h5-7,9H,8H2,1-4H3. The maximum Gasteiger partial charge on any atom is 0.240 e. The number of carbonyl (C=O) groups excluding carboxylic acids is 2. The Morgan fingerprint density at radius 1 is 1.32 bits per heavy atom. The molecule has 102 valence electrons. The molecule has 1 aromatic carbocycles. The molecule has 0 spiro atoms. The highest BCUT2D eigenvalue weighted by molar-refractivity contribution is 9.10. The Labute approximate surface area is 122 Å². The SMILES string of the molecule is Cc1ccc(N2C(=O)CC(C)(C(C)C)C2=O)cc1Br. The van der Waals surface area contributed by atoms with Gasteiger partial charge < -0.3 is 0 Å². The third-order valence-corrected chi connectivity index (χ3v) is 5.00. The van der Waals surface area contributed by atoms with Gasteiger partial charge in [-0.3, -0.25) is 14.5 Å². The van der Waals surface area contributed by atoms with Gasteiger partial charge in [-0.25, -0.2) is 0 Å². The van der Waals surface area contributed by atoms with E-state index in [1.165, 1.54) is 4.90 Å². The average Bonchev–Trinajstić information content (AvgIpc) is 2.55. The van der Waals surface area contributed by atoms with E-state index in [1.807, 2.05) is 45.9 Å². The lowest BCUT2D eigenvalue weighted by Gasteiger charge is -2.26. The van der Waals surface area contributed by atoms with Crippen LogP contribution in [0.1, 0.15) is 32.8 Å². The Bertz CT molecular complexity index is 553. The molecule has 0 radical (unpaired) electrons. The summed E-state index contributed by atoms with van der Waals surface area (Å²) < 4.78 is 0.906. The molecule has 3 nitrogen and oxygen atoms in total. The van der Waals surface area contributed by atoms with Crippen molar-refractivity contribution in [1.29, 1.82) is 0 Å². The summed E-state index contributed by atoms with van der Waals surface area (Å²) >= 11 is 3.44. The number of hydrogen-bond donors (Lipinski definition) is 0. The third kappa shape index (κ3) is 2.22. The Morgan fingerprint density at radius 2 is 1.95 bits per heavy atom. The number of halogens is 1. The second kappa shape index (κ2) is 4.75. The smallest absolute Gasteiger partial charge is 0.240 e. The number of anilines is 1. The van der Waals surface area contributed by atoms with Gasteiger partial charge in [0.25, 0.3) is 0 Å². The zero-order chi connectivity index (χ0) is 14.4. The van der Waals surface area contributed by atoms with Crippen molar-refractivity contribution in [3.8, 4) is 0 Å². The summed E-state index contributed by atoms with van der Waals surface area (Å²) in [5.74, 6) is -0.0666. The Balaban J connectivity index is 2.43. The summed E-state index contributed by atoms with van der Waals surface area (Å²) in [6.07, 6.45) is 0.287. The van der Waals surface area contributed by atoms with E-state index in [2.05, 4.69) is 15.9 Å². The largest absolute Gasteiger partial charge is 0.274 e. The molecule has 1 unspecified atom stereocenters. The molecule has 4 heteroatoms. The maximum atomic E-state index is 12.6. The number of hydrogen-bond acceptors (Lipinski definition) is 2. The third-order valence-electron chi connectivity index (χ3n) is 4.15. The van der Waals surface area contributed by atoms with Gasteiger partial charge in [0.05, 0.1) is 11.1 Å². The lowest BCUT2D eigenvalue weighted by atomic mass is 9.78. The lowest BCUT2D eigenvalue weighted by Crippen LogP contribution is -2.36. The molecule has 0 bridgehead atoms. The van der Waals surface area contributed by atoms with E-state index in [9.17, 15) is 9.59 Å². The van der Waals surface area contributed by atoms with Crippen molar-refractivity contribution in [2.45, 2.75) is 34.1 Å². The Morgan fingerprint density at radius 3 is 2.42 bits per heavy atom. The first-order valence-electron chi connectivity index (χ1n) is 6.41. The molecule has 1 aliphatic rings. The van der Waals surface area contributed by atoms with Crippen LogP contribution in [0.15, 0.2) is 22.7 Å². The van der Waals surface area contributed by atoms with Gasteiger partial charge in [0.1, 0.15) is 0 Å². The van der Waals surface area contributed by atoms with Gasteiger partial charge >= 0.3 is 0 Å². The molecule has 0 N–H and O–H groups in total. The van der Waals surface area contributed by atoms with Crippen LogP contribution in [-0.4, -0.2) is 11.8 Å². The van der Waals surface area contributed by atoms with Crippen molar-refractivity contribution >= 4 is 33.4 Å². The van der Waals surface area contributed by atoms with Crippen LogP contribution in [0.3, 0.4) is 0 Å². The van der Waals surface area contributed by atoms with E-state index in [-0.39, 0.29) is 24.2 Å². The molecule has 0 saturated carbocycles. The van der Waals surface area contributed by atoms with Gasteiger partial charge in [-0.15, -0.1) is 0 Å². The van der Waals surface area contributed by atoms with Crippen molar-refractivity contribution in [2.75, 3.05) is 4.90 Å². The molecular formula is C15H18BrNO2. The number of rotatable bonds is 2. The van der Waals surface area contributed by atoms with Crippen molar-refractivity contribution in [1.82, 2.24) is 0 Å². The number of imide groups is 1. The summed E-state index contributed by atoms with van der Waals surface area (Å²) in [6.45, 7) is 7.82. The first kappa shape index (κ1) is 14.3. The maximum absolute atomic E-state index is 12.6. The molecule has 1 aromatic rings. The van der Waals surface area contributed by atoms with E-state index in [1.54, 1.807) is 0 Å². The summed E-state index contributed by atoms with van der Waals surface area (Å²) in [4.78, 5) is 26.1. The minimum atomic E-state index is -0.589. The molecule has 0 aliphatic carbocycles. The molecule has 1 aliphatic heterocycles. The van der Waals surface area contributed by atoms with Crippen LogP contribution in [0.4, 0.5) is 5.69 Å². The van der Waals surface area contributed by atoms with Crippen LogP contribution in [0, 0.1) is 18.3 Å². The highest BCUT2D eigenvalue weighted by Gasteiger charge is 2.50. The van der Waals surface area contributed by atoms with Gasteiger partial charge in [-0.05, 0) is 37.5 Å². The predicted octanol–water partition coefficient (Wildman–Crippen LogP) is 3.68. The second-order valence-corrected chi connectivity index (χ2v) is 6.57. The molecule has 1 heterocycles. The van der Waals surface area contributed by atoms with Gasteiger partial charge in [-0.1, -0.05) is 35.8 Å². The highest BCUT2D eigenvalue weighted by atomic mass is 79.9. The van der Waals surface area contributed by atoms with E-state index in [0.717, 1.165) is 10.0 Å². The van der Waals surface area contributed by atoms with Crippen molar-refractivity contribution in [2.24, 2.45) is 11.3 Å². The first-order chi connectivity index (χ1) is 8.77. The minimum absolute atomic E-state index is 0.0942. The van der Waals surface area contributed by atoms with Gasteiger partial charge in [0, 0.05) is 10.9 Å². The quantitative estimate of drug-likeness (QED) is 0.778. The Hall–Kier alpha value is -1.16. The zero-order valence-corrected chi connectivity index (χ0v) is 13.2. The molecule has 2 rings (SSSR count). The van der Waals surface area contributed by atoms with Gasteiger partial charge in [0.15, 0.2) is 0 Å². The number of carbonyl (C=O) groups is 2. The fourth-order valence-electron chi connectivity index (χ4n) is 2.27. The minimum Gasteiger partial charge on any atom is -0.274 e. The first-order valence-corrected chi connectivity index (χ1v) is 7.20. The average molecular weight is 324 g/mol. The van der Waals surface area contributed by atoms with Crippen LogP contribution in [0.2, 0.25) is 0 Å². The van der Waals surface area contributed by atoms with E-state index in [4.69, 9.17) is 0 Å². The summed E-state index contributed by atoms with van der Waals surface area (Å²) in [5, 5.41) is 0. The molecular weight excluding hydrogens is 306 g/mol. The van der Waals surface area contributed by atoms with E-state index in [0.29, 0.717) is 5.69 Å². The summed E-state index contributed by atoms with van der Waals surface area (Å²) in [7, 11) is 0. The van der Waals surface area contributed by atoms with Gasteiger partial charge in [-0.2, -0.15) is 0 Å². The van der Waals surface area contributed by atoms with E-state index >= 15 is 0 Å². The van der Waals surface area contributed by atoms with Crippen LogP contribution in [-0.2, 0) is 9.59 Å². The number of amides is 2. The normalized spacial score (nSPS) is 23.6. The van der Waals surface area contributed by atoms with Crippen molar-refractivity contribution in [3.05, 3.63) is 28.2 Å². The van der Waals surface area contributed by atoms with Crippen LogP contribution < -0.4 is 4.90 Å². The fraction of sp³-hybridized carbons (Fsp3) is 0.467.